The van der Waals surface area contributed by atoms with Crippen LogP contribution in [0.15, 0.2) is 24.5 Å². The van der Waals surface area contributed by atoms with Gasteiger partial charge in [-0.05, 0) is 18.6 Å². The largest absolute Gasteiger partial charge is 0.478 e. The maximum Gasteiger partial charge on any atom is 0.338 e. The normalized spacial score (nSPS) is 10.2. The Hall–Kier alpha value is -2.28. The van der Waals surface area contributed by atoms with Crippen molar-refractivity contribution in [1.29, 1.82) is 0 Å². The molecule has 0 aromatic carbocycles. The number of rotatable bonds is 5. The van der Waals surface area contributed by atoms with E-state index in [0.29, 0.717) is 0 Å². The molecule has 0 fully saturated rings. The second-order valence-corrected chi connectivity index (χ2v) is 5.16. The lowest BCUT2D eigenvalue weighted by Crippen LogP contribution is -2.26. The van der Waals surface area contributed by atoms with E-state index in [1.54, 1.807) is 6.20 Å². The number of carboxylic acid groups (broad SMARTS) is 1. The Morgan fingerprint density at radius 2 is 2.20 bits per heavy atom. The smallest absolute Gasteiger partial charge is 0.338 e. The van der Waals surface area contributed by atoms with Gasteiger partial charge in [0.1, 0.15) is 10.7 Å². The zero-order chi connectivity index (χ0) is 14.5. The summed E-state index contributed by atoms with van der Waals surface area (Å²) in [5.41, 5.74) is -0.203. The molecule has 0 aliphatic carbocycles. The molecule has 7 heteroatoms. The third-order valence-electron chi connectivity index (χ3n) is 2.60. The zero-order valence-electron chi connectivity index (χ0n) is 10.8. The Labute approximate surface area is 119 Å². The minimum atomic E-state index is -1.18. The summed E-state index contributed by atoms with van der Waals surface area (Å²) < 4.78 is 0. The highest BCUT2D eigenvalue weighted by Gasteiger charge is 2.17. The van der Waals surface area contributed by atoms with Crippen LogP contribution in [0.3, 0.4) is 0 Å². The number of carbonyl (C=O) groups excluding carboxylic acids is 1. The highest BCUT2D eigenvalue weighted by Crippen LogP contribution is 2.13. The number of aromatic carboxylic acids is 1. The van der Waals surface area contributed by atoms with Crippen molar-refractivity contribution in [1.82, 2.24) is 15.3 Å². The van der Waals surface area contributed by atoms with Crippen LogP contribution >= 0.6 is 11.3 Å². The maximum atomic E-state index is 12.0. The van der Waals surface area contributed by atoms with Gasteiger partial charge in [-0.1, -0.05) is 6.92 Å². The minimum absolute atomic E-state index is 0.0905. The van der Waals surface area contributed by atoms with E-state index in [9.17, 15) is 9.59 Å². The monoisotopic (exact) mass is 291 g/mol. The van der Waals surface area contributed by atoms with Crippen LogP contribution in [-0.2, 0) is 13.0 Å². The summed E-state index contributed by atoms with van der Waals surface area (Å²) in [6.07, 6.45) is 4.06. The van der Waals surface area contributed by atoms with Gasteiger partial charge < -0.3 is 10.4 Å². The van der Waals surface area contributed by atoms with Crippen LogP contribution in [0.4, 0.5) is 0 Å². The second kappa shape index (κ2) is 6.25. The fourth-order valence-corrected chi connectivity index (χ4v) is 2.39. The van der Waals surface area contributed by atoms with Crippen molar-refractivity contribution in [2.75, 3.05) is 0 Å². The molecule has 2 rings (SSSR count). The van der Waals surface area contributed by atoms with E-state index in [4.69, 9.17) is 5.11 Å². The number of pyridine rings is 1. The molecule has 0 unspecified atom stereocenters. The van der Waals surface area contributed by atoms with Gasteiger partial charge in [0, 0.05) is 17.3 Å². The molecule has 104 valence electrons. The minimum Gasteiger partial charge on any atom is -0.478 e. The molecule has 0 radical (unpaired) electrons. The Bertz CT molecular complexity index is 639. The summed E-state index contributed by atoms with van der Waals surface area (Å²) in [4.78, 5) is 32.1. The first-order valence-electron chi connectivity index (χ1n) is 6.02. The Balaban J connectivity index is 2.07. The number of thiazole rings is 1. The highest BCUT2D eigenvalue weighted by atomic mass is 32.1. The Kier molecular flexibility index (Phi) is 4.41. The number of hydrogen-bond donors (Lipinski definition) is 2. The van der Waals surface area contributed by atoms with Crippen molar-refractivity contribution in [2.45, 2.75) is 19.9 Å². The molecule has 0 aliphatic heterocycles. The number of aromatic nitrogens is 2. The predicted octanol–water partition coefficient (Wildman–Crippen LogP) is 1.73. The van der Waals surface area contributed by atoms with Crippen molar-refractivity contribution in [3.8, 4) is 0 Å². The summed E-state index contributed by atoms with van der Waals surface area (Å²) >= 11 is 1.52. The third-order valence-corrected chi connectivity index (χ3v) is 3.74. The molecule has 0 spiro atoms. The van der Waals surface area contributed by atoms with Gasteiger partial charge in [-0.3, -0.25) is 9.78 Å². The molecule has 0 bridgehead atoms. The molecule has 2 aromatic heterocycles. The fourth-order valence-electron chi connectivity index (χ4n) is 1.59. The lowest BCUT2D eigenvalue weighted by molar-refractivity contribution is 0.0690. The van der Waals surface area contributed by atoms with Crippen molar-refractivity contribution in [3.63, 3.8) is 0 Å². The maximum absolute atomic E-state index is 12.0. The van der Waals surface area contributed by atoms with E-state index < -0.39 is 11.9 Å². The first-order valence-corrected chi connectivity index (χ1v) is 6.83. The van der Waals surface area contributed by atoms with Gasteiger partial charge in [-0.25, -0.2) is 9.78 Å². The average Bonchev–Trinajstić information content (AvgIpc) is 2.92. The summed E-state index contributed by atoms with van der Waals surface area (Å²) in [6, 6.07) is 2.83. The molecule has 0 saturated carbocycles. The summed E-state index contributed by atoms with van der Waals surface area (Å²) in [5, 5.41) is 12.4. The van der Waals surface area contributed by atoms with Crippen LogP contribution in [0.25, 0.3) is 0 Å². The van der Waals surface area contributed by atoms with Crippen LogP contribution < -0.4 is 5.32 Å². The molecule has 0 aliphatic rings. The predicted molar refractivity (Wildman–Crippen MR) is 73.9 cm³/mol. The van der Waals surface area contributed by atoms with Gasteiger partial charge >= 0.3 is 5.97 Å². The van der Waals surface area contributed by atoms with E-state index in [0.717, 1.165) is 16.3 Å². The van der Waals surface area contributed by atoms with Gasteiger partial charge in [0.25, 0.3) is 5.91 Å². The number of aryl methyl sites for hydroxylation is 1. The third kappa shape index (κ3) is 3.18. The van der Waals surface area contributed by atoms with Crippen LogP contribution in [0, 0.1) is 0 Å². The van der Waals surface area contributed by atoms with Gasteiger partial charge in [0.15, 0.2) is 0 Å². The fraction of sp³-hybridized carbons (Fsp3) is 0.231. The van der Waals surface area contributed by atoms with Crippen LogP contribution in [0.2, 0.25) is 0 Å². The van der Waals surface area contributed by atoms with Crippen LogP contribution in [0.5, 0.6) is 0 Å². The first-order chi connectivity index (χ1) is 9.61. The lowest BCUT2D eigenvalue weighted by atomic mass is 10.2. The molecule has 1 amide bonds. The molecule has 2 N–H and O–H groups in total. The molecule has 0 atom stereocenters. The number of hydrogen-bond acceptors (Lipinski definition) is 5. The van der Waals surface area contributed by atoms with E-state index in [-0.39, 0.29) is 17.8 Å². The first kappa shape index (κ1) is 14.1. The van der Waals surface area contributed by atoms with E-state index in [1.165, 1.54) is 29.7 Å². The number of carboxylic acids is 1. The van der Waals surface area contributed by atoms with Crippen LogP contribution in [-0.4, -0.2) is 27.0 Å². The van der Waals surface area contributed by atoms with Crippen LogP contribution in [0.1, 0.15) is 37.7 Å². The SMILES string of the molecule is CCc1cnc(CNC(=O)c2ncccc2C(=O)O)s1. The molecule has 2 aromatic rings. The lowest BCUT2D eigenvalue weighted by Gasteiger charge is -2.05. The van der Waals surface area contributed by atoms with Gasteiger partial charge in [-0.2, -0.15) is 0 Å². The van der Waals surface area contributed by atoms with Gasteiger partial charge in [0.05, 0.1) is 12.1 Å². The molecule has 6 nitrogen and oxygen atoms in total. The van der Waals surface area contributed by atoms with Crippen molar-refractivity contribution < 1.29 is 14.7 Å². The van der Waals surface area contributed by atoms with E-state index in [1.807, 2.05) is 6.92 Å². The second-order valence-electron chi connectivity index (χ2n) is 3.96. The van der Waals surface area contributed by atoms with Gasteiger partial charge in [-0.15, -0.1) is 11.3 Å². The number of nitrogens with zero attached hydrogens (tertiary/aromatic N) is 2. The number of nitrogens with one attached hydrogen (secondary N) is 1. The Morgan fingerprint density at radius 1 is 1.40 bits per heavy atom. The Morgan fingerprint density at radius 3 is 2.85 bits per heavy atom. The topological polar surface area (TPSA) is 92.2 Å². The summed E-state index contributed by atoms with van der Waals surface area (Å²) in [7, 11) is 0. The van der Waals surface area contributed by atoms with Gasteiger partial charge in [0.2, 0.25) is 0 Å². The molecular weight excluding hydrogens is 278 g/mol. The van der Waals surface area contributed by atoms with E-state index >= 15 is 0 Å². The quantitative estimate of drug-likeness (QED) is 0.875. The van der Waals surface area contributed by atoms with Crippen molar-refractivity contribution in [2.24, 2.45) is 0 Å². The zero-order valence-corrected chi connectivity index (χ0v) is 11.6. The standard InChI is InChI=1S/C13H13N3O3S/c1-2-8-6-15-10(20-8)7-16-12(17)11-9(13(18)19)4-3-5-14-11/h3-6H,2,7H2,1H3,(H,16,17)(H,18,19). The van der Waals surface area contributed by atoms with Crippen molar-refractivity contribution in [3.05, 3.63) is 45.7 Å². The number of amides is 1. The average molecular weight is 291 g/mol. The number of carbonyl (C=O) groups is 2. The molecule has 20 heavy (non-hydrogen) atoms. The molecule has 0 saturated heterocycles. The summed E-state index contributed by atoms with van der Waals surface area (Å²) in [6.45, 7) is 2.29. The molecule has 2 heterocycles. The van der Waals surface area contributed by atoms with Crippen molar-refractivity contribution >= 4 is 23.2 Å². The summed E-state index contributed by atoms with van der Waals surface area (Å²) in [5.74, 6) is -1.69. The highest BCUT2D eigenvalue weighted by molar-refractivity contribution is 7.11. The van der Waals surface area contributed by atoms with E-state index in [2.05, 4.69) is 15.3 Å². The molecular formula is C13H13N3O3S.